The third-order valence-corrected chi connectivity index (χ3v) is 10.6. The fourth-order valence-corrected chi connectivity index (χ4v) is 8.13. The van der Waals surface area contributed by atoms with Crippen molar-refractivity contribution in [3.8, 4) is 0 Å². The highest BCUT2D eigenvalue weighted by atomic mass is 32.2. The molecule has 0 unspecified atom stereocenters. The smallest absolute Gasteiger partial charge is 0.409 e. The number of ether oxygens (including phenoxy) is 1. The number of likely N-dealkylation sites (tertiary alicyclic amines) is 1. The monoisotopic (exact) mass is 581 g/mol. The van der Waals surface area contributed by atoms with Gasteiger partial charge in [0.25, 0.3) is 0 Å². The van der Waals surface area contributed by atoms with Gasteiger partial charge in [-0.3, -0.25) is 0 Å². The predicted molar refractivity (Wildman–Crippen MR) is 159 cm³/mol. The van der Waals surface area contributed by atoms with E-state index in [4.69, 9.17) is 4.74 Å². The lowest BCUT2D eigenvalue weighted by molar-refractivity contribution is 0.0606. The molecule has 9 heteroatoms. The van der Waals surface area contributed by atoms with E-state index in [0.29, 0.717) is 44.8 Å². The normalized spacial score (nSPS) is 22.6. The lowest BCUT2D eigenvalue weighted by atomic mass is 9.89. The van der Waals surface area contributed by atoms with E-state index in [1.54, 1.807) is 29.2 Å². The van der Waals surface area contributed by atoms with Gasteiger partial charge in [0, 0.05) is 37.9 Å². The lowest BCUT2D eigenvalue weighted by Gasteiger charge is -2.42. The van der Waals surface area contributed by atoms with E-state index in [9.17, 15) is 17.6 Å². The number of piperidine rings is 2. The van der Waals surface area contributed by atoms with Crippen LogP contribution in [0.25, 0.3) is 0 Å². The Hall–Kier alpha value is -3.17. The summed E-state index contributed by atoms with van der Waals surface area (Å²) in [4.78, 5) is 17.3. The van der Waals surface area contributed by atoms with Crippen LogP contribution >= 0.6 is 0 Å². The van der Waals surface area contributed by atoms with Crippen LogP contribution in [-0.4, -0.2) is 68.6 Å². The van der Waals surface area contributed by atoms with Crippen molar-refractivity contribution in [2.24, 2.45) is 0 Å². The Labute approximate surface area is 243 Å². The first-order chi connectivity index (χ1) is 19.7. The first kappa shape index (κ1) is 29.3. The van der Waals surface area contributed by atoms with Crippen LogP contribution in [0.2, 0.25) is 0 Å². The van der Waals surface area contributed by atoms with Crippen LogP contribution < -0.4 is 4.90 Å². The van der Waals surface area contributed by atoms with E-state index in [2.05, 4.69) is 24.1 Å². The molecular formula is C32H40FN3O4S. The third-order valence-electron chi connectivity index (χ3n) is 8.64. The molecule has 0 bridgehead atoms. The van der Waals surface area contributed by atoms with Crippen molar-refractivity contribution in [2.45, 2.75) is 74.9 Å². The molecule has 1 amide bonds. The van der Waals surface area contributed by atoms with Crippen molar-refractivity contribution < 1.29 is 22.3 Å². The van der Waals surface area contributed by atoms with Crippen molar-refractivity contribution in [2.75, 3.05) is 31.6 Å². The van der Waals surface area contributed by atoms with Crippen LogP contribution in [0.15, 0.2) is 83.0 Å². The van der Waals surface area contributed by atoms with Crippen LogP contribution in [0.3, 0.4) is 0 Å². The number of hydrogen-bond donors (Lipinski definition) is 0. The fourth-order valence-electron chi connectivity index (χ4n) is 6.27. The van der Waals surface area contributed by atoms with Crippen molar-refractivity contribution in [3.05, 3.63) is 83.7 Å². The summed E-state index contributed by atoms with van der Waals surface area (Å²) in [7, 11) is -1.84. The molecule has 2 saturated heterocycles. The maximum absolute atomic E-state index is 14.2. The number of rotatable bonds is 7. The van der Waals surface area contributed by atoms with Crippen LogP contribution in [0.5, 0.6) is 0 Å². The van der Waals surface area contributed by atoms with Gasteiger partial charge in [-0.2, -0.15) is 4.31 Å². The molecule has 2 aliphatic heterocycles. The van der Waals surface area contributed by atoms with Crippen molar-refractivity contribution in [3.63, 3.8) is 0 Å². The molecule has 5 rings (SSSR count). The SMILES string of the molecule is Cc1ccc(S(=O)(=O)N2[C@@H](COC(=O)N3CCC(N(C)c4ccccc4)CC3)CCC[C@H]2C2=CC(F)=CCC2)cc1. The number of benzene rings is 2. The Bertz CT molecular complexity index is 1370. The van der Waals surface area contributed by atoms with Crippen LogP contribution in [0.4, 0.5) is 14.9 Å². The summed E-state index contributed by atoms with van der Waals surface area (Å²) in [6, 6.07) is 16.3. The number of carbonyl (C=O) groups is 1. The third kappa shape index (κ3) is 6.67. The number of allylic oxidation sites excluding steroid dienone is 3. The second kappa shape index (κ2) is 12.8. The molecule has 0 aromatic heterocycles. The number of nitrogens with zero attached hydrogens (tertiary/aromatic N) is 3. The minimum Gasteiger partial charge on any atom is -0.448 e. The number of aryl methyl sites for hydroxylation is 1. The Morgan fingerprint density at radius 2 is 1.73 bits per heavy atom. The van der Waals surface area contributed by atoms with Gasteiger partial charge in [0.05, 0.1) is 10.9 Å². The van der Waals surface area contributed by atoms with Crippen molar-refractivity contribution in [1.82, 2.24) is 9.21 Å². The molecule has 0 saturated carbocycles. The van der Waals surface area contributed by atoms with Gasteiger partial charge in [-0.05, 0) is 93.9 Å². The average molecular weight is 582 g/mol. The molecule has 3 aliphatic rings. The lowest BCUT2D eigenvalue weighted by Crippen LogP contribution is -2.53. The summed E-state index contributed by atoms with van der Waals surface area (Å²) in [6.07, 6.45) is 7.36. The largest absolute Gasteiger partial charge is 0.448 e. The summed E-state index contributed by atoms with van der Waals surface area (Å²) in [6.45, 7) is 3.04. The maximum atomic E-state index is 14.2. The Kier molecular flexibility index (Phi) is 9.14. The zero-order chi connectivity index (χ0) is 29.0. The van der Waals surface area contributed by atoms with Crippen molar-refractivity contribution >= 4 is 21.8 Å². The summed E-state index contributed by atoms with van der Waals surface area (Å²) in [5, 5.41) is 0. The highest BCUT2D eigenvalue weighted by Gasteiger charge is 2.42. The summed E-state index contributed by atoms with van der Waals surface area (Å²) >= 11 is 0. The molecule has 2 heterocycles. The second-order valence-corrected chi connectivity index (χ2v) is 13.2. The first-order valence-electron chi connectivity index (χ1n) is 14.6. The van der Waals surface area contributed by atoms with Crippen molar-refractivity contribution in [1.29, 1.82) is 0 Å². The number of anilines is 1. The highest BCUT2D eigenvalue weighted by Crippen LogP contribution is 2.37. The van der Waals surface area contributed by atoms with Gasteiger partial charge in [0.15, 0.2) is 0 Å². The van der Waals surface area contributed by atoms with E-state index in [-0.39, 0.29) is 17.3 Å². The second-order valence-electron chi connectivity index (χ2n) is 11.3. The van der Waals surface area contributed by atoms with Gasteiger partial charge >= 0.3 is 6.09 Å². The average Bonchev–Trinajstić information content (AvgIpc) is 3.00. The molecular weight excluding hydrogens is 541 g/mol. The van der Waals surface area contributed by atoms with Gasteiger partial charge in [-0.1, -0.05) is 35.9 Å². The number of sulfonamides is 1. The molecule has 2 aromatic rings. The van der Waals surface area contributed by atoms with Crippen LogP contribution in [-0.2, 0) is 14.8 Å². The number of hydrogen-bond acceptors (Lipinski definition) is 5. The first-order valence-corrected chi connectivity index (χ1v) is 16.0. The Morgan fingerprint density at radius 3 is 2.41 bits per heavy atom. The van der Waals surface area contributed by atoms with E-state index in [1.165, 1.54) is 16.5 Å². The molecule has 1 aliphatic carbocycles. The molecule has 41 heavy (non-hydrogen) atoms. The standard InChI is InChI=1S/C32H40FN3O4S/c1-24-14-16-30(17-15-24)41(38,39)36-29(12-7-13-31(36)25-8-6-9-26(33)22-25)23-40-32(37)35-20-18-28(19-21-35)34(2)27-10-4-3-5-11-27/h3-5,9-11,14-17,22,28-29,31H,6-8,12-13,18-21,23H2,1-2H3/t29-,31+/m1/s1. The summed E-state index contributed by atoms with van der Waals surface area (Å²) in [5.41, 5.74) is 2.89. The molecule has 0 radical (unpaired) electrons. The van der Waals surface area contributed by atoms with E-state index in [0.717, 1.165) is 36.1 Å². The molecule has 220 valence electrons. The molecule has 0 N–H and O–H groups in total. The number of amides is 1. The highest BCUT2D eigenvalue weighted by molar-refractivity contribution is 7.89. The number of halogens is 1. The summed E-state index contributed by atoms with van der Waals surface area (Å²) in [5.74, 6) is -0.325. The van der Waals surface area contributed by atoms with Gasteiger partial charge in [-0.15, -0.1) is 0 Å². The van der Waals surface area contributed by atoms with Gasteiger partial charge in [-0.25, -0.2) is 17.6 Å². The minimum atomic E-state index is -3.92. The fraction of sp³-hybridized carbons (Fsp3) is 0.469. The zero-order valence-corrected chi connectivity index (χ0v) is 24.7. The van der Waals surface area contributed by atoms with E-state index >= 15 is 0 Å². The van der Waals surface area contributed by atoms with E-state index in [1.807, 2.05) is 25.1 Å². The van der Waals surface area contributed by atoms with Gasteiger partial charge in [0.2, 0.25) is 10.0 Å². The van der Waals surface area contributed by atoms with Gasteiger partial charge in [0.1, 0.15) is 12.4 Å². The summed E-state index contributed by atoms with van der Waals surface area (Å²) < 4.78 is 49.6. The molecule has 7 nitrogen and oxygen atoms in total. The maximum Gasteiger partial charge on any atom is 0.409 e. The van der Waals surface area contributed by atoms with E-state index < -0.39 is 28.2 Å². The number of carbonyl (C=O) groups excluding carboxylic acids is 1. The Balaban J connectivity index is 1.28. The molecule has 2 aromatic carbocycles. The van der Waals surface area contributed by atoms with Crippen LogP contribution in [0, 0.1) is 6.92 Å². The quantitative estimate of drug-likeness (QED) is 0.389. The Morgan fingerprint density at radius 1 is 1.02 bits per heavy atom. The molecule has 0 spiro atoms. The molecule has 2 atom stereocenters. The minimum absolute atomic E-state index is 0.0319. The van der Waals surface area contributed by atoms with Crippen LogP contribution in [0.1, 0.15) is 50.5 Å². The molecule has 2 fully saturated rings. The topological polar surface area (TPSA) is 70.2 Å². The number of para-hydroxylation sites is 1. The van der Waals surface area contributed by atoms with Gasteiger partial charge < -0.3 is 14.5 Å². The zero-order valence-electron chi connectivity index (χ0n) is 23.9. The predicted octanol–water partition coefficient (Wildman–Crippen LogP) is 6.22.